The van der Waals surface area contributed by atoms with Gasteiger partial charge in [0.05, 0.1) is 11.3 Å². The molecule has 3 aromatic carbocycles. The van der Waals surface area contributed by atoms with E-state index in [2.05, 4.69) is 0 Å². The minimum Gasteiger partial charge on any atom is -0.462 e. The zero-order valence-corrected chi connectivity index (χ0v) is 31.1. The molecule has 3 aromatic rings. The number of fused-ring (bicyclic) bond motifs is 2. The third-order valence-electron chi connectivity index (χ3n) is 10.1. The average molecular weight is 756 g/mol. The largest absolute Gasteiger partial charge is 0.462 e. The van der Waals surface area contributed by atoms with Crippen molar-refractivity contribution in [2.24, 2.45) is 11.3 Å². The highest BCUT2D eigenvalue weighted by atomic mass is 16.6. The van der Waals surface area contributed by atoms with Crippen LogP contribution < -0.4 is 0 Å². The lowest BCUT2D eigenvalue weighted by Crippen LogP contribution is -2.60. The van der Waals surface area contributed by atoms with Crippen LogP contribution in [0.5, 0.6) is 0 Å². The zero-order valence-electron chi connectivity index (χ0n) is 31.1. The molecule has 1 saturated carbocycles. The predicted octanol–water partition coefficient (Wildman–Crippen LogP) is 4.69. The molecular weight excluding hydrogens is 714 g/mol. The van der Waals surface area contributed by atoms with E-state index in [4.69, 9.17) is 23.7 Å². The molecule has 14 heteroatoms. The maximum absolute atomic E-state index is 15.7. The summed E-state index contributed by atoms with van der Waals surface area (Å²) in [5.41, 5.74) is -1.79. The standard InChI is InChI=1S/C41H41NO13/c1-23(43)51-22-31(52-24(2)44)35(53-25(3)45)37(55-27(5)47)36(54-26(4)46)34-38(42(49)50)41(30-20-14-9-15-21-30)33(29-18-12-8-13-19-29)32(40(34,6)39(41)48)28-16-10-7-11-17-28/h7-21,31,34-38H,22H2,1-6H3/t31-,34+,35-,36-,37+,38+,40-,41+/m1/s1. The van der Waals surface area contributed by atoms with Gasteiger partial charge < -0.3 is 23.7 Å². The molecule has 2 bridgehead atoms. The fourth-order valence-electron chi connectivity index (χ4n) is 8.45. The Balaban J connectivity index is 1.93. The average Bonchev–Trinajstić information content (AvgIpc) is 3.47. The van der Waals surface area contributed by atoms with Crippen molar-refractivity contribution in [2.75, 3.05) is 6.61 Å². The Morgan fingerprint density at radius 1 is 0.655 bits per heavy atom. The topological polar surface area (TPSA) is 192 Å². The quantitative estimate of drug-likeness (QED) is 0.0954. The maximum Gasteiger partial charge on any atom is 0.303 e. The number of ketones is 1. The summed E-state index contributed by atoms with van der Waals surface area (Å²) in [6.07, 6.45) is -7.46. The highest BCUT2D eigenvalue weighted by Crippen LogP contribution is 2.71. The molecule has 0 saturated heterocycles. The van der Waals surface area contributed by atoms with Crippen molar-refractivity contribution in [3.63, 3.8) is 0 Å². The van der Waals surface area contributed by atoms with Crippen LogP contribution in [-0.4, -0.2) is 77.6 Å². The minimum atomic E-state index is -2.03. The molecule has 55 heavy (non-hydrogen) atoms. The summed E-state index contributed by atoms with van der Waals surface area (Å²) >= 11 is 0. The lowest BCUT2D eigenvalue weighted by atomic mass is 9.60. The van der Waals surface area contributed by atoms with E-state index < -0.39 is 94.4 Å². The number of carbonyl (C=O) groups excluding carboxylic acids is 6. The number of rotatable bonds is 14. The van der Waals surface area contributed by atoms with Gasteiger partial charge in [-0.2, -0.15) is 0 Å². The molecule has 5 rings (SSSR count). The lowest BCUT2D eigenvalue weighted by molar-refractivity contribution is -0.540. The molecule has 2 aliphatic rings. The van der Waals surface area contributed by atoms with Gasteiger partial charge in [-0.15, -0.1) is 0 Å². The zero-order chi connectivity index (χ0) is 40.2. The van der Waals surface area contributed by atoms with Crippen molar-refractivity contribution in [1.82, 2.24) is 0 Å². The molecule has 2 aliphatic carbocycles. The van der Waals surface area contributed by atoms with Gasteiger partial charge in [-0.3, -0.25) is 38.9 Å². The number of esters is 5. The third-order valence-corrected chi connectivity index (χ3v) is 10.1. The summed E-state index contributed by atoms with van der Waals surface area (Å²) in [6, 6.07) is 23.9. The van der Waals surface area contributed by atoms with Gasteiger partial charge in [0.1, 0.15) is 12.0 Å². The van der Waals surface area contributed by atoms with Gasteiger partial charge in [0, 0.05) is 39.5 Å². The van der Waals surface area contributed by atoms with Crippen molar-refractivity contribution in [3.8, 4) is 0 Å². The molecule has 0 amide bonds. The number of carbonyl (C=O) groups is 6. The van der Waals surface area contributed by atoms with Gasteiger partial charge in [-0.05, 0) is 34.8 Å². The van der Waals surface area contributed by atoms with Crippen molar-refractivity contribution in [2.45, 2.75) is 77.4 Å². The normalized spacial score (nSPS) is 23.5. The van der Waals surface area contributed by atoms with Crippen LogP contribution in [-0.2, 0) is 57.9 Å². The molecule has 0 radical (unpaired) electrons. The number of nitrogens with zero attached hydrogens (tertiary/aromatic N) is 1. The molecule has 8 atom stereocenters. The van der Waals surface area contributed by atoms with Crippen molar-refractivity contribution < 1.29 is 57.4 Å². The molecule has 1 fully saturated rings. The van der Waals surface area contributed by atoms with Crippen LogP contribution in [0.25, 0.3) is 11.1 Å². The molecule has 0 aromatic heterocycles. The number of allylic oxidation sites excluding steroid dienone is 1. The molecule has 0 aliphatic heterocycles. The molecule has 14 nitrogen and oxygen atoms in total. The molecule has 288 valence electrons. The number of ether oxygens (including phenoxy) is 5. The first kappa shape index (κ1) is 40.0. The number of Topliss-reactive ketones (excluding diaryl/α,β-unsaturated/α-hetero) is 1. The van der Waals surface area contributed by atoms with E-state index in [1.807, 2.05) is 0 Å². The Morgan fingerprint density at radius 2 is 1.11 bits per heavy atom. The maximum atomic E-state index is 15.7. The van der Waals surface area contributed by atoms with Crippen LogP contribution in [0.3, 0.4) is 0 Å². The Bertz CT molecular complexity index is 2010. The monoisotopic (exact) mass is 755 g/mol. The Morgan fingerprint density at radius 3 is 1.56 bits per heavy atom. The van der Waals surface area contributed by atoms with Crippen LogP contribution in [0.1, 0.15) is 58.2 Å². The first-order chi connectivity index (χ1) is 26.1. The first-order valence-electron chi connectivity index (χ1n) is 17.5. The fraction of sp³-hybridized carbons (Fsp3) is 0.366. The molecule has 0 unspecified atom stereocenters. The number of nitro groups is 1. The van der Waals surface area contributed by atoms with Crippen LogP contribution >= 0.6 is 0 Å². The molecule has 0 N–H and O–H groups in total. The number of hydrogen-bond acceptors (Lipinski definition) is 13. The lowest BCUT2D eigenvalue weighted by Gasteiger charge is -2.44. The van der Waals surface area contributed by atoms with E-state index in [1.165, 1.54) is 6.92 Å². The summed E-state index contributed by atoms with van der Waals surface area (Å²) in [6.45, 7) is 5.94. The van der Waals surface area contributed by atoms with Gasteiger partial charge >= 0.3 is 29.8 Å². The molecule has 0 spiro atoms. The minimum absolute atomic E-state index is 0.287. The van der Waals surface area contributed by atoms with E-state index >= 15 is 4.79 Å². The summed E-state index contributed by atoms with van der Waals surface area (Å²) in [5, 5.41) is 13.9. The van der Waals surface area contributed by atoms with Gasteiger partial charge in [-0.25, -0.2) is 0 Å². The summed E-state index contributed by atoms with van der Waals surface area (Å²) < 4.78 is 28.0. The van der Waals surface area contributed by atoms with Crippen molar-refractivity contribution in [3.05, 3.63) is 118 Å². The summed E-state index contributed by atoms with van der Waals surface area (Å²) in [5.74, 6) is -6.94. The molecular formula is C41H41NO13. The van der Waals surface area contributed by atoms with E-state index in [9.17, 15) is 34.1 Å². The van der Waals surface area contributed by atoms with Gasteiger partial charge in [-0.1, -0.05) is 91.0 Å². The number of hydrogen-bond donors (Lipinski definition) is 0. The first-order valence-corrected chi connectivity index (χ1v) is 17.5. The molecule has 0 heterocycles. The van der Waals surface area contributed by atoms with Crippen LogP contribution in [0.15, 0.2) is 91.0 Å². The van der Waals surface area contributed by atoms with Gasteiger partial charge in [0.25, 0.3) is 0 Å². The van der Waals surface area contributed by atoms with Gasteiger partial charge in [0.15, 0.2) is 30.2 Å². The Labute approximate surface area is 316 Å². The highest BCUT2D eigenvalue weighted by Gasteiger charge is 2.82. The van der Waals surface area contributed by atoms with Crippen LogP contribution in [0.4, 0.5) is 0 Å². The predicted molar refractivity (Wildman–Crippen MR) is 194 cm³/mol. The smallest absolute Gasteiger partial charge is 0.303 e. The van der Waals surface area contributed by atoms with Crippen LogP contribution in [0, 0.1) is 21.4 Å². The summed E-state index contributed by atoms with van der Waals surface area (Å²) in [7, 11) is 0. The second-order valence-electron chi connectivity index (χ2n) is 13.6. The van der Waals surface area contributed by atoms with E-state index in [0.717, 1.165) is 34.6 Å². The SMILES string of the molecule is CC(=O)OC[C@@H](OC(C)=O)[C@@H](OC(C)=O)[C@H](OC(C)=O)[C@H](OC(C)=O)[C@H]1[C@H]([N+](=O)[O-])[C@@]2(c3ccccc3)C(=O)[C@]1(C)C(c1ccccc1)=C2c1ccccc1. The second-order valence-corrected chi connectivity index (χ2v) is 13.6. The van der Waals surface area contributed by atoms with Gasteiger partial charge in [0.2, 0.25) is 6.04 Å². The summed E-state index contributed by atoms with van der Waals surface area (Å²) in [4.78, 5) is 92.3. The van der Waals surface area contributed by atoms with Crippen molar-refractivity contribution >= 4 is 46.8 Å². The third kappa shape index (κ3) is 7.36. The van der Waals surface area contributed by atoms with E-state index in [-0.39, 0.29) is 5.56 Å². The Kier molecular flexibility index (Phi) is 11.7. The van der Waals surface area contributed by atoms with Crippen LogP contribution in [0.2, 0.25) is 0 Å². The van der Waals surface area contributed by atoms with E-state index in [0.29, 0.717) is 22.3 Å². The second kappa shape index (κ2) is 16.0. The number of benzene rings is 3. The fourth-order valence-corrected chi connectivity index (χ4v) is 8.45. The highest BCUT2D eigenvalue weighted by molar-refractivity contribution is 6.26. The van der Waals surface area contributed by atoms with Crippen molar-refractivity contribution in [1.29, 1.82) is 0 Å². The van der Waals surface area contributed by atoms with E-state index in [1.54, 1.807) is 91.0 Å². The Hall–Kier alpha value is -6.18.